The van der Waals surface area contributed by atoms with Crippen LogP contribution < -0.4 is 0 Å². The van der Waals surface area contributed by atoms with Gasteiger partial charge in [0.05, 0.1) is 6.10 Å². The molecule has 2 aliphatic rings. The third-order valence-electron chi connectivity index (χ3n) is 3.40. The van der Waals surface area contributed by atoms with Crippen LogP contribution >= 0.6 is 18.9 Å². The molecule has 1 aromatic carbocycles. The van der Waals surface area contributed by atoms with Crippen LogP contribution in [0.5, 0.6) is 0 Å². The number of hydrogen-bond donors (Lipinski definition) is 0. The van der Waals surface area contributed by atoms with E-state index in [1.807, 2.05) is 0 Å². The number of rotatable bonds is 2. The van der Waals surface area contributed by atoms with E-state index >= 15 is 0 Å². The minimum Gasteiger partial charge on any atom is -0.326 e. The van der Waals surface area contributed by atoms with Crippen LogP contribution in [0.25, 0.3) is 0 Å². The summed E-state index contributed by atoms with van der Waals surface area (Å²) < 4.78 is 8.24. The van der Waals surface area contributed by atoms with Gasteiger partial charge in [0.15, 0.2) is 0 Å². The van der Waals surface area contributed by atoms with Crippen LogP contribution in [-0.2, 0) is 10.9 Å². The van der Waals surface area contributed by atoms with Crippen molar-refractivity contribution in [1.82, 2.24) is 4.67 Å². The van der Waals surface area contributed by atoms with Gasteiger partial charge in [0.25, 0.3) is 0 Å². The lowest BCUT2D eigenvalue weighted by molar-refractivity contribution is 0.211. The maximum absolute atomic E-state index is 6.24. The van der Waals surface area contributed by atoms with Crippen molar-refractivity contribution in [3.63, 3.8) is 0 Å². The van der Waals surface area contributed by atoms with E-state index in [4.69, 9.17) is 15.8 Å². The van der Waals surface area contributed by atoms with Crippen molar-refractivity contribution >= 4 is 18.9 Å². The number of benzene rings is 1. The fourth-order valence-corrected chi connectivity index (χ4v) is 4.84. The van der Waals surface area contributed by atoms with Gasteiger partial charge < -0.3 is 4.52 Å². The molecule has 0 bridgehead atoms. The Kier molecular flexibility index (Phi) is 3.17. The summed E-state index contributed by atoms with van der Waals surface area (Å²) in [7, 11) is -0.835. The Morgan fingerprint density at radius 1 is 1.38 bits per heavy atom. The summed E-state index contributed by atoms with van der Waals surface area (Å²) in [6, 6.07) is 11.1. The maximum atomic E-state index is 6.24. The van der Waals surface area contributed by atoms with E-state index in [2.05, 4.69) is 35.0 Å². The second-order valence-electron chi connectivity index (χ2n) is 4.43. The quantitative estimate of drug-likeness (QED) is 0.750. The van der Waals surface area contributed by atoms with Crippen molar-refractivity contribution in [1.29, 1.82) is 0 Å². The zero-order valence-electron chi connectivity index (χ0n) is 9.05. The molecule has 0 saturated carbocycles. The van der Waals surface area contributed by atoms with Crippen molar-refractivity contribution in [2.75, 3.05) is 6.54 Å². The van der Waals surface area contributed by atoms with Gasteiger partial charge in [-0.05, 0) is 29.6 Å². The molecule has 1 aromatic rings. The smallest absolute Gasteiger partial charge is 0.207 e. The van der Waals surface area contributed by atoms with Crippen molar-refractivity contribution in [2.24, 2.45) is 0 Å². The number of halogens is 1. The number of fused-ring (bicyclic) bond motifs is 1. The lowest BCUT2D eigenvalue weighted by atomic mass is 10.0. The highest BCUT2D eigenvalue weighted by atomic mass is 35.7. The summed E-state index contributed by atoms with van der Waals surface area (Å²) in [5, 5.41) is 0. The van der Waals surface area contributed by atoms with Gasteiger partial charge in [-0.25, -0.2) is 4.67 Å². The van der Waals surface area contributed by atoms with Crippen molar-refractivity contribution in [2.45, 2.75) is 31.4 Å². The van der Waals surface area contributed by atoms with Crippen LogP contribution in [0.4, 0.5) is 0 Å². The summed E-state index contributed by atoms with van der Waals surface area (Å²) >= 11 is 6.24. The first-order chi connectivity index (χ1) is 7.84. The maximum Gasteiger partial charge on any atom is 0.207 e. The van der Waals surface area contributed by atoms with Crippen molar-refractivity contribution < 1.29 is 4.52 Å². The van der Waals surface area contributed by atoms with Gasteiger partial charge in [-0.1, -0.05) is 30.3 Å². The fraction of sp³-hybridized carbons (Fsp3) is 0.500. The van der Waals surface area contributed by atoms with Crippen molar-refractivity contribution in [3.8, 4) is 0 Å². The molecule has 2 fully saturated rings. The highest BCUT2D eigenvalue weighted by Gasteiger charge is 2.44. The SMILES string of the molecule is ClP1O[C@H](Cc2ccccc2)[C@@H]2CCCN21. The molecule has 0 amide bonds. The van der Waals surface area contributed by atoms with Gasteiger partial charge in [-0.3, -0.25) is 0 Å². The second-order valence-corrected chi connectivity index (χ2v) is 6.48. The molecule has 16 heavy (non-hydrogen) atoms. The van der Waals surface area contributed by atoms with Gasteiger partial charge in [0.1, 0.15) is 0 Å². The Morgan fingerprint density at radius 3 is 3.00 bits per heavy atom. The predicted molar refractivity (Wildman–Crippen MR) is 67.5 cm³/mol. The molecule has 2 saturated heterocycles. The summed E-state index contributed by atoms with van der Waals surface area (Å²) in [5.41, 5.74) is 1.35. The highest BCUT2D eigenvalue weighted by Crippen LogP contribution is 2.58. The van der Waals surface area contributed by atoms with Crippen LogP contribution in [0.2, 0.25) is 0 Å². The minimum absolute atomic E-state index is 0.300. The van der Waals surface area contributed by atoms with E-state index < -0.39 is 7.65 Å². The van der Waals surface area contributed by atoms with Crippen LogP contribution in [-0.4, -0.2) is 23.4 Å². The van der Waals surface area contributed by atoms with E-state index in [-0.39, 0.29) is 0 Å². The van der Waals surface area contributed by atoms with Crippen LogP contribution in [0.1, 0.15) is 18.4 Å². The summed E-state index contributed by atoms with van der Waals surface area (Å²) in [4.78, 5) is 0. The molecule has 2 heterocycles. The Bertz CT molecular complexity index is 361. The van der Waals surface area contributed by atoms with Gasteiger partial charge in [0, 0.05) is 19.0 Å². The number of nitrogens with zero attached hydrogens (tertiary/aromatic N) is 1. The molecule has 86 valence electrons. The largest absolute Gasteiger partial charge is 0.326 e. The molecule has 1 unspecified atom stereocenters. The summed E-state index contributed by atoms with van der Waals surface area (Å²) in [5.74, 6) is 0. The molecule has 0 spiro atoms. The Hall–Kier alpha value is -0.140. The molecule has 2 aliphatic heterocycles. The summed E-state index contributed by atoms with van der Waals surface area (Å²) in [6.45, 7) is 1.12. The lowest BCUT2D eigenvalue weighted by Crippen LogP contribution is -2.29. The van der Waals surface area contributed by atoms with E-state index in [0.717, 1.165) is 13.0 Å². The molecule has 0 N–H and O–H groups in total. The van der Waals surface area contributed by atoms with Crippen LogP contribution in [0, 0.1) is 0 Å². The van der Waals surface area contributed by atoms with E-state index in [0.29, 0.717) is 12.1 Å². The zero-order chi connectivity index (χ0) is 11.0. The second kappa shape index (κ2) is 4.62. The van der Waals surface area contributed by atoms with E-state index in [1.165, 1.54) is 18.4 Å². The van der Waals surface area contributed by atoms with E-state index in [9.17, 15) is 0 Å². The first-order valence-corrected chi connectivity index (χ1v) is 7.89. The van der Waals surface area contributed by atoms with E-state index in [1.54, 1.807) is 0 Å². The normalized spacial score (nSPS) is 34.2. The first kappa shape index (κ1) is 11.0. The first-order valence-electron chi connectivity index (χ1n) is 5.78. The third-order valence-corrected chi connectivity index (χ3v) is 5.57. The Labute approximate surface area is 102 Å². The highest BCUT2D eigenvalue weighted by molar-refractivity contribution is 7.78. The molecular weight excluding hydrogens is 241 g/mol. The molecular formula is C12H15ClNOP. The third kappa shape index (κ3) is 2.00. The van der Waals surface area contributed by atoms with Gasteiger partial charge in [0.2, 0.25) is 7.65 Å². The Balaban J connectivity index is 1.72. The average molecular weight is 256 g/mol. The molecule has 3 atom stereocenters. The predicted octanol–water partition coefficient (Wildman–Crippen LogP) is 3.56. The van der Waals surface area contributed by atoms with Crippen molar-refractivity contribution in [3.05, 3.63) is 35.9 Å². The molecule has 3 rings (SSSR count). The number of hydrogen-bond acceptors (Lipinski definition) is 2. The van der Waals surface area contributed by atoms with Gasteiger partial charge >= 0.3 is 0 Å². The molecule has 2 nitrogen and oxygen atoms in total. The minimum atomic E-state index is -0.835. The molecule has 0 radical (unpaired) electrons. The Morgan fingerprint density at radius 2 is 2.19 bits per heavy atom. The van der Waals surface area contributed by atoms with Gasteiger partial charge in [-0.15, -0.1) is 0 Å². The monoisotopic (exact) mass is 255 g/mol. The average Bonchev–Trinajstić information content (AvgIpc) is 2.87. The molecule has 4 heteroatoms. The van der Waals surface area contributed by atoms with Crippen LogP contribution in [0.3, 0.4) is 0 Å². The topological polar surface area (TPSA) is 12.5 Å². The molecule has 0 aliphatic carbocycles. The van der Waals surface area contributed by atoms with Gasteiger partial charge in [-0.2, -0.15) is 0 Å². The fourth-order valence-electron chi connectivity index (χ4n) is 2.61. The van der Waals surface area contributed by atoms with Crippen LogP contribution in [0.15, 0.2) is 30.3 Å². The summed E-state index contributed by atoms with van der Waals surface area (Å²) in [6.07, 6.45) is 3.80. The lowest BCUT2D eigenvalue weighted by Gasteiger charge is -2.16. The molecule has 0 aromatic heterocycles. The standard InChI is InChI=1S/C12H15ClNOP/c13-16-14-8-4-7-11(14)12(15-16)9-10-5-2-1-3-6-10/h1-3,5-6,11-12H,4,7-9H2/t11-,12+,16?/m0/s1. The zero-order valence-corrected chi connectivity index (χ0v) is 10.7.